The van der Waals surface area contributed by atoms with E-state index in [-0.39, 0.29) is 34.2 Å². The maximum atomic E-state index is 13.5. The number of fused-ring (bicyclic) bond motifs is 7. The predicted octanol–water partition coefficient (Wildman–Crippen LogP) is 3.30. The van der Waals surface area contributed by atoms with Gasteiger partial charge in [-0.05, 0) is 75.5 Å². The first-order chi connectivity index (χ1) is 12.1. The van der Waals surface area contributed by atoms with Crippen LogP contribution in [0, 0.1) is 34.5 Å². The van der Waals surface area contributed by atoms with Crippen molar-refractivity contribution in [1.29, 1.82) is 0 Å². The number of aliphatic hydroxyl groups is 1. The average Bonchev–Trinajstić information content (AvgIpc) is 3.13. The van der Waals surface area contributed by atoms with E-state index >= 15 is 0 Å². The molecule has 4 heteroatoms. The van der Waals surface area contributed by atoms with Gasteiger partial charge in [0.05, 0.1) is 6.10 Å². The molecular formula is C22H32O4. The fraction of sp³-hybridized carbons (Fsp3) is 0.909. The van der Waals surface area contributed by atoms with E-state index in [1.54, 1.807) is 6.92 Å². The molecule has 1 N–H and O–H groups in total. The lowest BCUT2D eigenvalue weighted by atomic mass is 9.44. The summed E-state index contributed by atoms with van der Waals surface area (Å²) in [4.78, 5) is 26.1. The van der Waals surface area contributed by atoms with Gasteiger partial charge in [-0.2, -0.15) is 0 Å². The molecule has 3 unspecified atom stereocenters. The fourth-order valence-corrected chi connectivity index (χ4v) is 8.67. The van der Waals surface area contributed by atoms with Crippen LogP contribution in [0.4, 0.5) is 0 Å². The molecule has 5 rings (SSSR count). The Bertz CT molecular complexity index is 702. The van der Waals surface area contributed by atoms with Crippen molar-refractivity contribution in [1.82, 2.24) is 0 Å². The number of ketones is 2. The van der Waals surface area contributed by atoms with E-state index in [4.69, 9.17) is 4.74 Å². The summed E-state index contributed by atoms with van der Waals surface area (Å²) < 4.78 is 6.10. The number of aliphatic hydroxyl groups excluding tert-OH is 1. The van der Waals surface area contributed by atoms with E-state index in [2.05, 4.69) is 20.8 Å². The zero-order valence-electron chi connectivity index (χ0n) is 16.5. The molecule has 144 valence electrons. The maximum absolute atomic E-state index is 13.5. The molecule has 5 fully saturated rings. The lowest BCUT2D eigenvalue weighted by molar-refractivity contribution is -0.169. The van der Waals surface area contributed by atoms with Gasteiger partial charge in [-0.1, -0.05) is 13.8 Å². The van der Waals surface area contributed by atoms with Crippen LogP contribution in [0.2, 0.25) is 0 Å². The lowest BCUT2D eigenvalue weighted by Crippen LogP contribution is -2.60. The summed E-state index contributed by atoms with van der Waals surface area (Å²) in [5.41, 5.74) is -1.42. The van der Waals surface area contributed by atoms with Crippen molar-refractivity contribution in [2.45, 2.75) is 89.9 Å². The molecule has 1 aliphatic heterocycles. The molecule has 0 amide bonds. The van der Waals surface area contributed by atoms with Crippen LogP contribution in [-0.4, -0.2) is 34.0 Å². The first kappa shape index (κ1) is 17.4. The molecule has 4 nitrogen and oxygen atoms in total. The standard InChI is InChI=1S/C22H32O4/c1-12(23)22-20(3)11-17(25)18-15(16(20)10-21(22,4)26-22)6-5-13-9-14(24)7-8-19(13,18)2/h13-16,18,24H,5-11H2,1-4H3/t13?,14?,15-,16-,18+,19-,20-,21?,22-/m0/s1. The molecule has 0 radical (unpaired) electrons. The molecule has 0 bridgehead atoms. The molecule has 1 saturated heterocycles. The summed E-state index contributed by atoms with van der Waals surface area (Å²) in [5, 5.41) is 10.1. The summed E-state index contributed by atoms with van der Waals surface area (Å²) in [6, 6.07) is 0. The van der Waals surface area contributed by atoms with Crippen molar-refractivity contribution in [2.75, 3.05) is 0 Å². The van der Waals surface area contributed by atoms with Gasteiger partial charge in [-0.3, -0.25) is 9.59 Å². The summed E-state index contributed by atoms with van der Waals surface area (Å²) in [6.07, 6.45) is 6.02. The number of carbonyl (C=O) groups excluding carboxylic acids is 2. The van der Waals surface area contributed by atoms with Crippen LogP contribution in [0.15, 0.2) is 0 Å². The molecule has 0 aromatic heterocycles. The highest BCUT2D eigenvalue weighted by molar-refractivity contribution is 5.94. The van der Waals surface area contributed by atoms with Crippen LogP contribution in [0.1, 0.15) is 72.6 Å². The Morgan fingerprint density at radius 1 is 1.19 bits per heavy atom. The number of ether oxygens (including phenoxy) is 1. The molecule has 5 aliphatic rings. The highest BCUT2D eigenvalue weighted by Crippen LogP contribution is 2.77. The van der Waals surface area contributed by atoms with Crippen LogP contribution < -0.4 is 0 Å². The van der Waals surface area contributed by atoms with Crippen molar-refractivity contribution < 1.29 is 19.4 Å². The van der Waals surface area contributed by atoms with E-state index in [9.17, 15) is 14.7 Å². The number of rotatable bonds is 1. The zero-order chi connectivity index (χ0) is 18.7. The van der Waals surface area contributed by atoms with Gasteiger partial charge in [0.15, 0.2) is 11.4 Å². The number of hydrogen-bond donors (Lipinski definition) is 1. The number of epoxide rings is 1. The van der Waals surface area contributed by atoms with E-state index in [0.29, 0.717) is 30.0 Å². The SMILES string of the molecule is CC(=O)[C@@]12OC1(C)C[C@H]1[C@@H]3CCC4CC(O)CC[C@]4(C)[C@H]3C(=O)C[C@@]12C. The Morgan fingerprint density at radius 2 is 1.92 bits per heavy atom. The topological polar surface area (TPSA) is 66.9 Å². The number of Topliss-reactive ketones (excluding diaryl/α,β-unsaturated/α-hetero) is 2. The van der Waals surface area contributed by atoms with Gasteiger partial charge in [0.2, 0.25) is 0 Å². The summed E-state index contributed by atoms with van der Waals surface area (Å²) in [5.74, 6) is 1.82. The second-order valence-electron chi connectivity index (χ2n) is 10.8. The summed E-state index contributed by atoms with van der Waals surface area (Å²) in [6.45, 7) is 8.21. The van der Waals surface area contributed by atoms with Crippen molar-refractivity contribution in [2.24, 2.45) is 34.5 Å². The minimum absolute atomic E-state index is 0.0263. The first-order valence-electron chi connectivity index (χ1n) is 10.5. The second kappa shape index (κ2) is 4.81. The third kappa shape index (κ3) is 1.70. The quantitative estimate of drug-likeness (QED) is 0.729. The molecule has 4 saturated carbocycles. The molecule has 4 aliphatic carbocycles. The molecular weight excluding hydrogens is 328 g/mol. The molecule has 0 spiro atoms. The van der Waals surface area contributed by atoms with Gasteiger partial charge in [0, 0.05) is 17.8 Å². The van der Waals surface area contributed by atoms with Crippen molar-refractivity contribution in [3.05, 3.63) is 0 Å². The highest BCUT2D eigenvalue weighted by atomic mass is 16.6. The Labute approximate surface area is 156 Å². The van der Waals surface area contributed by atoms with Crippen LogP contribution in [0.5, 0.6) is 0 Å². The molecule has 26 heavy (non-hydrogen) atoms. The Kier molecular flexibility index (Phi) is 3.21. The fourth-order valence-electron chi connectivity index (χ4n) is 8.67. The third-order valence-corrected chi connectivity index (χ3v) is 9.71. The lowest BCUT2D eigenvalue weighted by Gasteiger charge is -2.60. The smallest absolute Gasteiger partial charge is 0.165 e. The summed E-state index contributed by atoms with van der Waals surface area (Å²) in [7, 11) is 0. The second-order valence-corrected chi connectivity index (χ2v) is 10.8. The van der Waals surface area contributed by atoms with Crippen molar-refractivity contribution in [3.63, 3.8) is 0 Å². The van der Waals surface area contributed by atoms with Crippen molar-refractivity contribution >= 4 is 11.6 Å². The monoisotopic (exact) mass is 360 g/mol. The zero-order valence-corrected chi connectivity index (χ0v) is 16.5. The first-order valence-corrected chi connectivity index (χ1v) is 10.5. The number of carbonyl (C=O) groups is 2. The van der Waals surface area contributed by atoms with Gasteiger partial charge in [0.1, 0.15) is 11.4 Å². The Hall–Kier alpha value is -0.740. The molecule has 0 aromatic rings. The van der Waals surface area contributed by atoms with Crippen LogP contribution in [0.3, 0.4) is 0 Å². The number of hydrogen-bond acceptors (Lipinski definition) is 4. The van der Waals surface area contributed by atoms with E-state index in [1.807, 2.05) is 0 Å². The Balaban J connectivity index is 1.55. The van der Waals surface area contributed by atoms with Gasteiger partial charge < -0.3 is 9.84 Å². The molecule has 1 heterocycles. The largest absolute Gasteiger partial charge is 0.393 e. The average molecular weight is 360 g/mol. The highest BCUT2D eigenvalue weighted by Gasteiger charge is 2.86. The van der Waals surface area contributed by atoms with Crippen LogP contribution >= 0.6 is 0 Å². The predicted molar refractivity (Wildman–Crippen MR) is 96.4 cm³/mol. The van der Waals surface area contributed by atoms with Gasteiger partial charge in [-0.25, -0.2) is 0 Å². The van der Waals surface area contributed by atoms with Gasteiger partial charge in [-0.15, -0.1) is 0 Å². The Morgan fingerprint density at radius 3 is 2.62 bits per heavy atom. The summed E-state index contributed by atoms with van der Waals surface area (Å²) >= 11 is 0. The minimum Gasteiger partial charge on any atom is -0.393 e. The van der Waals surface area contributed by atoms with Crippen LogP contribution in [-0.2, 0) is 14.3 Å². The van der Waals surface area contributed by atoms with Crippen molar-refractivity contribution in [3.8, 4) is 0 Å². The normalized spacial score (nSPS) is 60.5. The van der Waals surface area contributed by atoms with E-state index in [1.165, 1.54) is 0 Å². The molecule has 9 atom stereocenters. The van der Waals surface area contributed by atoms with E-state index < -0.39 is 5.60 Å². The minimum atomic E-state index is -0.730. The van der Waals surface area contributed by atoms with Crippen LogP contribution in [0.25, 0.3) is 0 Å². The van der Waals surface area contributed by atoms with Gasteiger partial charge >= 0.3 is 0 Å². The van der Waals surface area contributed by atoms with E-state index in [0.717, 1.165) is 38.5 Å². The molecule has 0 aromatic carbocycles. The third-order valence-electron chi connectivity index (χ3n) is 9.71. The van der Waals surface area contributed by atoms with Gasteiger partial charge in [0.25, 0.3) is 0 Å². The maximum Gasteiger partial charge on any atom is 0.165 e.